The van der Waals surface area contributed by atoms with Crippen molar-refractivity contribution in [1.82, 2.24) is 10.3 Å². The maximum absolute atomic E-state index is 11.4. The van der Waals surface area contributed by atoms with E-state index < -0.39 is 21.3 Å². The van der Waals surface area contributed by atoms with Crippen LogP contribution in [0.15, 0.2) is 5.38 Å². The highest BCUT2D eigenvalue weighted by Gasteiger charge is 2.37. The van der Waals surface area contributed by atoms with E-state index in [2.05, 4.69) is 10.3 Å². The van der Waals surface area contributed by atoms with Crippen LogP contribution in [0.4, 0.5) is 0 Å². The molecule has 1 aromatic heterocycles. The second-order valence-corrected chi connectivity index (χ2v) is 7.75. The number of carbonyl (C=O) groups is 1. The lowest BCUT2D eigenvalue weighted by Gasteiger charge is -2.23. The van der Waals surface area contributed by atoms with Crippen LogP contribution in [0.3, 0.4) is 0 Å². The number of carboxylic acids is 1. The molecule has 1 unspecified atom stereocenters. The first-order chi connectivity index (χ1) is 8.30. The third-order valence-corrected chi connectivity index (χ3v) is 5.72. The number of rotatable bonds is 4. The lowest BCUT2D eigenvalue weighted by molar-refractivity contribution is 0.0696. The highest BCUT2D eigenvalue weighted by atomic mass is 32.2. The Hall–Kier alpha value is -0.990. The summed E-state index contributed by atoms with van der Waals surface area (Å²) in [6.45, 7) is 2.25. The predicted molar refractivity (Wildman–Crippen MR) is 67.6 cm³/mol. The zero-order valence-corrected chi connectivity index (χ0v) is 11.5. The summed E-state index contributed by atoms with van der Waals surface area (Å²) in [7, 11) is -2.94. The monoisotopic (exact) mass is 290 g/mol. The zero-order valence-electron chi connectivity index (χ0n) is 9.84. The Morgan fingerprint density at radius 2 is 2.39 bits per heavy atom. The second kappa shape index (κ2) is 4.60. The molecule has 2 rings (SSSR count). The molecule has 1 aliphatic rings. The average Bonchev–Trinajstić information content (AvgIpc) is 2.81. The molecule has 2 heterocycles. The smallest absolute Gasteiger partial charge is 0.365 e. The fourth-order valence-electron chi connectivity index (χ4n) is 1.94. The number of carboxylic acid groups (broad SMARTS) is 1. The van der Waals surface area contributed by atoms with E-state index in [9.17, 15) is 13.2 Å². The Kier molecular flexibility index (Phi) is 3.43. The number of sulfone groups is 1. The van der Waals surface area contributed by atoms with Crippen LogP contribution in [0.25, 0.3) is 0 Å². The van der Waals surface area contributed by atoms with E-state index in [-0.39, 0.29) is 16.5 Å². The van der Waals surface area contributed by atoms with Crippen molar-refractivity contribution in [1.29, 1.82) is 0 Å². The van der Waals surface area contributed by atoms with Crippen molar-refractivity contribution in [2.24, 2.45) is 0 Å². The van der Waals surface area contributed by atoms with Gasteiger partial charge in [-0.15, -0.1) is 11.3 Å². The standard InChI is InChI=1S/C10H14N2O4S2/c1-10(2-3-18(15,16)6-10)11-4-7-5-17-8(12-7)9(13)14/h5,11H,2-4,6H2,1H3,(H,13,14). The third-order valence-electron chi connectivity index (χ3n) is 2.93. The minimum atomic E-state index is -2.94. The van der Waals surface area contributed by atoms with Gasteiger partial charge >= 0.3 is 5.97 Å². The molecule has 1 fully saturated rings. The molecule has 0 radical (unpaired) electrons. The molecule has 2 N–H and O–H groups in total. The molecule has 1 aromatic rings. The van der Waals surface area contributed by atoms with Crippen LogP contribution >= 0.6 is 11.3 Å². The van der Waals surface area contributed by atoms with Crippen molar-refractivity contribution in [3.05, 3.63) is 16.1 Å². The molecule has 1 aliphatic heterocycles. The molecule has 100 valence electrons. The Bertz CT molecular complexity index is 566. The van der Waals surface area contributed by atoms with Crippen LogP contribution in [0.5, 0.6) is 0 Å². The summed E-state index contributed by atoms with van der Waals surface area (Å²) < 4.78 is 22.8. The van der Waals surface area contributed by atoms with E-state index in [0.717, 1.165) is 11.3 Å². The topological polar surface area (TPSA) is 96.4 Å². The number of thiazole rings is 1. The van der Waals surface area contributed by atoms with Crippen LogP contribution in [0.2, 0.25) is 0 Å². The quantitative estimate of drug-likeness (QED) is 0.838. The third kappa shape index (κ3) is 3.06. The van der Waals surface area contributed by atoms with Gasteiger partial charge in [0.05, 0.1) is 17.2 Å². The van der Waals surface area contributed by atoms with Gasteiger partial charge in [0.25, 0.3) is 0 Å². The van der Waals surface area contributed by atoms with Crippen molar-refractivity contribution in [3.63, 3.8) is 0 Å². The number of nitrogens with one attached hydrogen (secondary N) is 1. The number of nitrogens with zero attached hydrogens (tertiary/aromatic N) is 1. The Morgan fingerprint density at radius 3 is 2.89 bits per heavy atom. The fraction of sp³-hybridized carbons (Fsp3) is 0.600. The molecular formula is C10H14N2O4S2. The number of hydrogen-bond donors (Lipinski definition) is 2. The lowest BCUT2D eigenvalue weighted by atomic mass is 10.0. The van der Waals surface area contributed by atoms with E-state index in [0.29, 0.717) is 18.7 Å². The summed E-state index contributed by atoms with van der Waals surface area (Å²) >= 11 is 1.07. The first-order valence-corrected chi connectivity index (χ1v) is 8.13. The fourth-order valence-corrected chi connectivity index (χ4v) is 4.72. The first kappa shape index (κ1) is 13.4. The number of aromatic nitrogens is 1. The highest BCUT2D eigenvalue weighted by molar-refractivity contribution is 7.91. The largest absolute Gasteiger partial charge is 0.476 e. The van der Waals surface area contributed by atoms with Crippen molar-refractivity contribution in [2.45, 2.75) is 25.4 Å². The zero-order chi connectivity index (χ0) is 13.4. The minimum absolute atomic E-state index is 0.0518. The Morgan fingerprint density at radius 1 is 1.67 bits per heavy atom. The van der Waals surface area contributed by atoms with E-state index in [1.807, 2.05) is 6.92 Å². The van der Waals surface area contributed by atoms with Crippen LogP contribution in [-0.4, -0.2) is 41.5 Å². The minimum Gasteiger partial charge on any atom is -0.476 e. The van der Waals surface area contributed by atoms with E-state index in [1.165, 1.54) is 0 Å². The van der Waals surface area contributed by atoms with Crippen LogP contribution in [-0.2, 0) is 16.4 Å². The molecule has 0 aromatic carbocycles. The van der Waals surface area contributed by atoms with E-state index >= 15 is 0 Å². The molecule has 1 atom stereocenters. The number of aromatic carboxylic acids is 1. The molecule has 0 aliphatic carbocycles. The highest BCUT2D eigenvalue weighted by Crippen LogP contribution is 2.23. The molecule has 0 saturated carbocycles. The van der Waals surface area contributed by atoms with E-state index in [1.54, 1.807) is 5.38 Å². The summed E-state index contributed by atoms with van der Waals surface area (Å²) in [6, 6.07) is 0. The molecule has 0 amide bonds. The van der Waals surface area contributed by atoms with Gasteiger partial charge in [0.15, 0.2) is 9.84 Å². The van der Waals surface area contributed by atoms with Crippen molar-refractivity contribution < 1.29 is 18.3 Å². The van der Waals surface area contributed by atoms with Gasteiger partial charge in [-0.05, 0) is 13.3 Å². The maximum Gasteiger partial charge on any atom is 0.365 e. The maximum atomic E-state index is 11.4. The Labute approximate surface area is 109 Å². The summed E-state index contributed by atoms with van der Waals surface area (Å²) in [5.41, 5.74) is 0.189. The average molecular weight is 290 g/mol. The molecule has 0 bridgehead atoms. The molecule has 18 heavy (non-hydrogen) atoms. The van der Waals surface area contributed by atoms with Gasteiger partial charge in [0.2, 0.25) is 5.01 Å². The molecular weight excluding hydrogens is 276 g/mol. The summed E-state index contributed by atoms with van der Waals surface area (Å²) in [4.78, 5) is 14.6. The van der Waals surface area contributed by atoms with Gasteiger partial charge in [-0.1, -0.05) is 0 Å². The van der Waals surface area contributed by atoms with Gasteiger partial charge in [-0.2, -0.15) is 0 Å². The summed E-state index contributed by atoms with van der Waals surface area (Å²) in [5.74, 6) is -0.718. The molecule has 1 saturated heterocycles. The van der Waals surface area contributed by atoms with Crippen molar-refractivity contribution in [3.8, 4) is 0 Å². The van der Waals surface area contributed by atoms with Gasteiger partial charge < -0.3 is 10.4 Å². The molecule has 0 spiro atoms. The SMILES string of the molecule is CC1(NCc2csc(C(=O)O)n2)CCS(=O)(=O)C1. The number of hydrogen-bond acceptors (Lipinski definition) is 6. The lowest BCUT2D eigenvalue weighted by Crippen LogP contribution is -2.42. The van der Waals surface area contributed by atoms with E-state index in [4.69, 9.17) is 5.11 Å². The van der Waals surface area contributed by atoms with Gasteiger partial charge in [0, 0.05) is 17.5 Å². The van der Waals surface area contributed by atoms with Gasteiger partial charge in [0.1, 0.15) is 0 Å². The normalized spacial score (nSPS) is 26.3. The molecule has 6 nitrogen and oxygen atoms in total. The van der Waals surface area contributed by atoms with Crippen LogP contribution in [0, 0.1) is 0 Å². The van der Waals surface area contributed by atoms with Crippen LogP contribution in [0.1, 0.15) is 28.8 Å². The van der Waals surface area contributed by atoms with Crippen molar-refractivity contribution in [2.75, 3.05) is 11.5 Å². The van der Waals surface area contributed by atoms with Crippen LogP contribution < -0.4 is 5.32 Å². The first-order valence-electron chi connectivity index (χ1n) is 5.43. The summed E-state index contributed by atoms with van der Waals surface area (Å²) in [5, 5.41) is 13.6. The summed E-state index contributed by atoms with van der Waals surface area (Å²) in [6.07, 6.45) is 0.575. The Balaban J connectivity index is 1.97. The van der Waals surface area contributed by atoms with Crippen molar-refractivity contribution >= 4 is 27.1 Å². The van der Waals surface area contributed by atoms with Gasteiger partial charge in [-0.25, -0.2) is 18.2 Å². The second-order valence-electron chi connectivity index (χ2n) is 4.71. The van der Waals surface area contributed by atoms with Gasteiger partial charge in [-0.3, -0.25) is 0 Å². The predicted octanol–water partition coefficient (Wildman–Crippen LogP) is 0.508. The molecule has 8 heteroatoms.